The second kappa shape index (κ2) is 9.49. The predicted molar refractivity (Wildman–Crippen MR) is 120 cm³/mol. The summed E-state index contributed by atoms with van der Waals surface area (Å²) in [4.78, 5) is 16.2. The van der Waals surface area contributed by atoms with Crippen LogP contribution >= 0.6 is 0 Å². The highest BCUT2D eigenvalue weighted by Crippen LogP contribution is 2.32. The van der Waals surface area contributed by atoms with Crippen molar-refractivity contribution in [3.8, 4) is 0 Å². The third kappa shape index (κ3) is 5.52. The van der Waals surface area contributed by atoms with Crippen LogP contribution in [0.1, 0.15) is 28.8 Å². The van der Waals surface area contributed by atoms with E-state index in [1.165, 1.54) is 4.90 Å². The number of rotatable bonds is 8. The van der Waals surface area contributed by atoms with Gasteiger partial charge in [-0.3, -0.25) is 9.52 Å². The number of hydrogen-bond acceptors (Lipinski definition) is 4. The molecule has 0 unspecified atom stereocenters. The topological polar surface area (TPSA) is 82.9 Å². The molecule has 162 valence electrons. The van der Waals surface area contributed by atoms with Crippen molar-refractivity contribution in [1.82, 2.24) is 5.32 Å². The number of nitrogens with zero attached hydrogens (tertiary/aromatic N) is 1. The average molecular weight is 432 g/mol. The van der Waals surface area contributed by atoms with E-state index in [1.54, 1.807) is 36.4 Å². The molecule has 0 atom stereocenters. The second-order valence-electron chi connectivity index (χ2n) is 8.06. The molecule has 3 rings (SSSR count). The van der Waals surface area contributed by atoms with E-state index in [0.29, 0.717) is 17.8 Å². The molecule has 0 aromatic heterocycles. The Hall–Kier alpha value is -2.58. The number of quaternary nitrogens is 1. The van der Waals surface area contributed by atoms with Crippen LogP contribution < -0.4 is 19.8 Å². The molecule has 0 radical (unpaired) electrons. The van der Waals surface area contributed by atoms with Gasteiger partial charge in [-0.1, -0.05) is 17.7 Å². The fourth-order valence-corrected chi connectivity index (χ4v) is 4.51. The summed E-state index contributed by atoms with van der Waals surface area (Å²) in [6.07, 6.45) is 2.14. The zero-order chi connectivity index (χ0) is 21.7. The Balaban J connectivity index is 1.89. The highest BCUT2D eigenvalue weighted by Gasteiger charge is 2.22. The zero-order valence-electron chi connectivity index (χ0n) is 17.9. The van der Waals surface area contributed by atoms with Crippen LogP contribution in [0.2, 0.25) is 0 Å². The molecule has 0 spiro atoms. The molecule has 2 aromatic rings. The number of anilines is 2. The van der Waals surface area contributed by atoms with E-state index in [0.717, 1.165) is 43.7 Å². The van der Waals surface area contributed by atoms with Crippen LogP contribution in [0.15, 0.2) is 47.4 Å². The van der Waals surface area contributed by atoms with E-state index < -0.39 is 10.0 Å². The Morgan fingerprint density at radius 2 is 1.73 bits per heavy atom. The van der Waals surface area contributed by atoms with Crippen LogP contribution in [0.4, 0.5) is 11.4 Å². The largest absolute Gasteiger partial charge is 0.370 e. The van der Waals surface area contributed by atoms with Gasteiger partial charge in [-0.15, -0.1) is 0 Å². The third-order valence-corrected chi connectivity index (χ3v) is 6.57. The smallest absolute Gasteiger partial charge is 0.261 e. The average Bonchev–Trinajstić information content (AvgIpc) is 3.22. The van der Waals surface area contributed by atoms with Crippen molar-refractivity contribution < 1.29 is 18.1 Å². The number of nitrogens with one attached hydrogen (secondary N) is 3. The van der Waals surface area contributed by atoms with Gasteiger partial charge in [-0.05, 0) is 50.1 Å². The predicted octanol–water partition coefficient (Wildman–Crippen LogP) is 1.27. The standard InChI is InChI=1S/C22H30N4O3S/c1-17-6-9-19(10-7-17)30(28,29)24-20-16-18(22(27)23-12-15-25(2)3)8-11-21(20)26-13-4-5-14-26/h6-11,16,24H,4-5,12-15H2,1-3H3,(H,23,27)/p+1. The monoisotopic (exact) mass is 431 g/mol. The van der Waals surface area contributed by atoms with E-state index in [1.807, 2.05) is 27.1 Å². The molecule has 3 N–H and O–H groups in total. The number of likely N-dealkylation sites (N-methyl/N-ethyl adjacent to an activating group) is 1. The number of aryl methyl sites for hydroxylation is 1. The molecule has 1 amide bonds. The van der Waals surface area contributed by atoms with Gasteiger partial charge in [0.2, 0.25) is 0 Å². The fraction of sp³-hybridized carbons (Fsp3) is 0.409. The van der Waals surface area contributed by atoms with Crippen LogP contribution in [-0.2, 0) is 10.0 Å². The summed E-state index contributed by atoms with van der Waals surface area (Å²) in [5, 5.41) is 2.90. The lowest BCUT2D eigenvalue weighted by atomic mass is 10.1. The maximum absolute atomic E-state index is 13.0. The molecule has 1 saturated heterocycles. The van der Waals surface area contributed by atoms with Gasteiger partial charge in [0, 0.05) is 18.7 Å². The van der Waals surface area contributed by atoms with Crippen LogP contribution in [0.3, 0.4) is 0 Å². The minimum Gasteiger partial charge on any atom is -0.370 e. The lowest BCUT2D eigenvalue weighted by molar-refractivity contribution is -0.856. The van der Waals surface area contributed by atoms with Crippen molar-refractivity contribution in [3.63, 3.8) is 0 Å². The summed E-state index contributed by atoms with van der Waals surface area (Å²) in [6.45, 7) is 5.02. The number of amides is 1. The van der Waals surface area contributed by atoms with Gasteiger partial charge in [0.05, 0.1) is 43.5 Å². The number of carbonyl (C=O) groups is 1. The van der Waals surface area contributed by atoms with Gasteiger partial charge in [0.25, 0.3) is 15.9 Å². The lowest BCUT2D eigenvalue weighted by Gasteiger charge is -2.23. The van der Waals surface area contributed by atoms with Gasteiger partial charge < -0.3 is 15.1 Å². The van der Waals surface area contributed by atoms with Gasteiger partial charge in [-0.25, -0.2) is 8.42 Å². The highest BCUT2D eigenvalue weighted by molar-refractivity contribution is 7.92. The summed E-state index contributed by atoms with van der Waals surface area (Å²) in [5.41, 5.74) is 2.67. The van der Waals surface area contributed by atoms with E-state index in [9.17, 15) is 13.2 Å². The van der Waals surface area contributed by atoms with Crippen molar-refractivity contribution in [2.24, 2.45) is 0 Å². The van der Waals surface area contributed by atoms with Crippen LogP contribution in [-0.4, -0.2) is 54.6 Å². The first-order valence-corrected chi connectivity index (χ1v) is 11.8. The Bertz CT molecular complexity index is 982. The summed E-state index contributed by atoms with van der Waals surface area (Å²) in [7, 11) is 0.281. The quantitative estimate of drug-likeness (QED) is 0.588. The lowest BCUT2D eigenvalue weighted by Crippen LogP contribution is -3.06. The van der Waals surface area contributed by atoms with Gasteiger partial charge in [-0.2, -0.15) is 0 Å². The van der Waals surface area contributed by atoms with Crippen molar-refractivity contribution in [3.05, 3.63) is 53.6 Å². The molecule has 0 bridgehead atoms. The Labute approximate surface area is 179 Å². The minimum absolute atomic E-state index is 0.198. The third-order valence-electron chi connectivity index (χ3n) is 5.19. The molecule has 8 heteroatoms. The first-order valence-electron chi connectivity index (χ1n) is 10.3. The highest BCUT2D eigenvalue weighted by atomic mass is 32.2. The normalized spacial score (nSPS) is 14.2. The maximum atomic E-state index is 13.0. The maximum Gasteiger partial charge on any atom is 0.261 e. The molecule has 0 saturated carbocycles. The first kappa shape index (κ1) is 22.1. The van der Waals surface area contributed by atoms with Crippen molar-refractivity contribution in [1.29, 1.82) is 0 Å². The van der Waals surface area contributed by atoms with Gasteiger partial charge in [0.15, 0.2) is 0 Å². The van der Waals surface area contributed by atoms with Gasteiger partial charge in [0.1, 0.15) is 0 Å². The molecular weight excluding hydrogens is 400 g/mol. The van der Waals surface area contributed by atoms with Crippen LogP contribution in [0.25, 0.3) is 0 Å². The molecule has 7 nitrogen and oxygen atoms in total. The van der Waals surface area contributed by atoms with Gasteiger partial charge >= 0.3 is 0 Å². The van der Waals surface area contributed by atoms with Crippen molar-refractivity contribution in [2.45, 2.75) is 24.7 Å². The minimum atomic E-state index is -3.76. The number of benzene rings is 2. The molecule has 1 heterocycles. The molecular formula is C22H31N4O3S+. The SMILES string of the molecule is Cc1ccc(S(=O)(=O)Nc2cc(C(=O)NCC[NH+](C)C)ccc2N2CCCC2)cc1. The summed E-state index contributed by atoms with van der Waals surface area (Å²) in [5.74, 6) is -0.208. The van der Waals surface area contributed by atoms with E-state index in [4.69, 9.17) is 0 Å². The fourth-order valence-electron chi connectivity index (χ4n) is 3.44. The molecule has 0 aliphatic carbocycles. The van der Waals surface area contributed by atoms with Crippen molar-refractivity contribution >= 4 is 27.3 Å². The molecule has 1 fully saturated rings. The molecule has 2 aromatic carbocycles. The van der Waals surface area contributed by atoms with Crippen LogP contribution in [0, 0.1) is 6.92 Å². The summed E-state index contributed by atoms with van der Waals surface area (Å²) in [6, 6.07) is 12.0. The molecule has 1 aliphatic rings. The Morgan fingerprint density at radius 1 is 1.07 bits per heavy atom. The summed E-state index contributed by atoms with van der Waals surface area (Å²) < 4.78 is 28.7. The van der Waals surface area contributed by atoms with Crippen molar-refractivity contribution in [2.75, 3.05) is 49.9 Å². The second-order valence-corrected chi connectivity index (χ2v) is 9.74. The number of sulfonamides is 1. The van der Waals surface area contributed by atoms with E-state index >= 15 is 0 Å². The Morgan fingerprint density at radius 3 is 2.37 bits per heavy atom. The number of hydrogen-bond donors (Lipinski definition) is 3. The molecule has 30 heavy (non-hydrogen) atoms. The summed E-state index contributed by atoms with van der Waals surface area (Å²) >= 11 is 0. The Kier molecular flexibility index (Phi) is 6.99. The zero-order valence-corrected chi connectivity index (χ0v) is 18.7. The van der Waals surface area contributed by atoms with Crippen LogP contribution in [0.5, 0.6) is 0 Å². The molecule has 1 aliphatic heterocycles. The van der Waals surface area contributed by atoms with E-state index in [-0.39, 0.29) is 10.8 Å². The first-order chi connectivity index (χ1) is 14.3. The number of carbonyl (C=O) groups excluding carboxylic acids is 1. The van der Waals surface area contributed by atoms with E-state index in [2.05, 4.69) is 14.9 Å².